The van der Waals surface area contributed by atoms with Crippen LogP contribution >= 0.6 is 0 Å². The summed E-state index contributed by atoms with van der Waals surface area (Å²) in [7, 11) is 0. The number of nitriles is 1. The van der Waals surface area contributed by atoms with Crippen LogP contribution < -0.4 is 4.74 Å². The SMILES string of the molecule is N#Cc1ccc(COc2ccc(-n3ccc4cc(F)ccc43)cc2)cc1. The van der Waals surface area contributed by atoms with Gasteiger partial charge in [-0.05, 0) is 66.2 Å². The van der Waals surface area contributed by atoms with Crippen molar-refractivity contribution >= 4 is 10.9 Å². The number of halogens is 1. The molecule has 0 saturated heterocycles. The first-order valence-corrected chi connectivity index (χ1v) is 8.22. The van der Waals surface area contributed by atoms with E-state index >= 15 is 0 Å². The van der Waals surface area contributed by atoms with Crippen molar-refractivity contribution in [3.8, 4) is 17.5 Å². The summed E-state index contributed by atoms with van der Waals surface area (Å²) in [4.78, 5) is 0. The molecule has 0 fully saturated rings. The summed E-state index contributed by atoms with van der Waals surface area (Å²) >= 11 is 0. The zero-order chi connectivity index (χ0) is 17.9. The Labute approximate surface area is 150 Å². The van der Waals surface area contributed by atoms with Crippen LogP contribution in [0.25, 0.3) is 16.6 Å². The molecule has 1 aromatic heterocycles. The van der Waals surface area contributed by atoms with Crippen molar-refractivity contribution in [1.29, 1.82) is 5.26 Å². The molecule has 0 radical (unpaired) electrons. The molecule has 0 saturated carbocycles. The largest absolute Gasteiger partial charge is 0.489 e. The van der Waals surface area contributed by atoms with Gasteiger partial charge in [0.25, 0.3) is 0 Å². The van der Waals surface area contributed by atoms with E-state index in [1.807, 2.05) is 53.2 Å². The van der Waals surface area contributed by atoms with Crippen LogP contribution in [0.3, 0.4) is 0 Å². The lowest BCUT2D eigenvalue weighted by Gasteiger charge is -2.09. The zero-order valence-corrected chi connectivity index (χ0v) is 13.9. The van der Waals surface area contributed by atoms with Crippen molar-refractivity contribution in [1.82, 2.24) is 4.57 Å². The molecule has 0 unspecified atom stereocenters. The molecule has 0 aliphatic rings. The van der Waals surface area contributed by atoms with Crippen molar-refractivity contribution in [3.63, 3.8) is 0 Å². The van der Waals surface area contributed by atoms with Gasteiger partial charge in [-0.15, -0.1) is 0 Å². The van der Waals surface area contributed by atoms with Gasteiger partial charge in [0.1, 0.15) is 18.2 Å². The molecule has 26 heavy (non-hydrogen) atoms. The minimum absolute atomic E-state index is 0.234. The van der Waals surface area contributed by atoms with Gasteiger partial charge in [0.15, 0.2) is 0 Å². The van der Waals surface area contributed by atoms with Crippen molar-refractivity contribution in [2.45, 2.75) is 6.61 Å². The number of aromatic nitrogens is 1. The summed E-state index contributed by atoms with van der Waals surface area (Å²) in [6.07, 6.45) is 1.93. The summed E-state index contributed by atoms with van der Waals surface area (Å²) in [5.74, 6) is 0.530. The van der Waals surface area contributed by atoms with E-state index in [0.717, 1.165) is 27.9 Å². The highest BCUT2D eigenvalue weighted by molar-refractivity contribution is 5.82. The van der Waals surface area contributed by atoms with Crippen molar-refractivity contribution < 1.29 is 9.13 Å². The normalized spacial score (nSPS) is 10.6. The monoisotopic (exact) mass is 342 g/mol. The van der Waals surface area contributed by atoms with Crippen LogP contribution in [-0.2, 0) is 6.61 Å². The van der Waals surface area contributed by atoms with Gasteiger partial charge in [-0.1, -0.05) is 12.1 Å². The van der Waals surface area contributed by atoms with E-state index in [1.54, 1.807) is 18.2 Å². The van der Waals surface area contributed by atoms with Gasteiger partial charge >= 0.3 is 0 Å². The van der Waals surface area contributed by atoms with Gasteiger partial charge < -0.3 is 9.30 Å². The second kappa shape index (κ2) is 6.73. The number of hydrogen-bond acceptors (Lipinski definition) is 2. The molecule has 3 aromatic carbocycles. The van der Waals surface area contributed by atoms with Crippen LogP contribution in [0.15, 0.2) is 79.0 Å². The first kappa shape index (κ1) is 15.9. The first-order chi connectivity index (χ1) is 12.7. The fraction of sp³-hybridized carbons (Fsp3) is 0.0455. The van der Waals surface area contributed by atoms with Crippen LogP contribution in [0.1, 0.15) is 11.1 Å². The standard InChI is InChI=1S/C22H15FN2O/c23-19-5-10-22-18(13-19)11-12-25(22)20-6-8-21(9-7-20)26-15-17-3-1-16(14-24)2-4-17/h1-13H,15H2. The number of hydrogen-bond donors (Lipinski definition) is 0. The Morgan fingerprint density at radius 1 is 0.923 bits per heavy atom. The predicted octanol–water partition coefficient (Wildman–Crippen LogP) is 5.22. The average Bonchev–Trinajstić information content (AvgIpc) is 3.10. The molecule has 0 aliphatic heterocycles. The Morgan fingerprint density at radius 2 is 1.69 bits per heavy atom. The maximum absolute atomic E-state index is 13.3. The second-order valence-electron chi connectivity index (χ2n) is 5.98. The molecular formula is C22H15FN2O. The molecule has 4 rings (SSSR count). The van der Waals surface area contributed by atoms with E-state index in [-0.39, 0.29) is 5.82 Å². The highest BCUT2D eigenvalue weighted by atomic mass is 19.1. The summed E-state index contributed by atoms with van der Waals surface area (Å²) < 4.78 is 21.1. The lowest BCUT2D eigenvalue weighted by Crippen LogP contribution is -1.96. The maximum Gasteiger partial charge on any atom is 0.123 e. The first-order valence-electron chi connectivity index (χ1n) is 8.22. The van der Waals surface area contributed by atoms with Gasteiger partial charge in [-0.3, -0.25) is 0 Å². The Bertz CT molecular complexity index is 1090. The zero-order valence-electron chi connectivity index (χ0n) is 13.9. The summed E-state index contributed by atoms with van der Waals surface area (Å²) in [5.41, 5.74) is 3.58. The molecule has 4 heteroatoms. The number of rotatable bonds is 4. The lowest BCUT2D eigenvalue weighted by molar-refractivity contribution is 0.306. The summed E-state index contributed by atoms with van der Waals surface area (Å²) in [6, 6.07) is 23.9. The van der Waals surface area contributed by atoms with E-state index in [4.69, 9.17) is 10.00 Å². The smallest absolute Gasteiger partial charge is 0.123 e. The molecule has 4 aromatic rings. The number of fused-ring (bicyclic) bond motifs is 1. The Balaban J connectivity index is 1.50. The molecule has 1 heterocycles. The summed E-state index contributed by atoms with van der Waals surface area (Å²) in [5, 5.41) is 9.69. The van der Waals surface area contributed by atoms with E-state index in [1.165, 1.54) is 12.1 Å². The molecule has 0 spiro atoms. The maximum atomic E-state index is 13.3. The fourth-order valence-corrected chi connectivity index (χ4v) is 2.88. The third kappa shape index (κ3) is 3.15. The van der Waals surface area contributed by atoms with E-state index in [2.05, 4.69) is 6.07 Å². The van der Waals surface area contributed by atoms with Crippen LogP contribution in [0.4, 0.5) is 4.39 Å². The highest BCUT2D eigenvalue weighted by Crippen LogP contribution is 2.23. The van der Waals surface area contributed by atoms with Gasteiger partial charge in [-0.2, -0.15) is 5.26 Å². The molecular weight excluding hydrogens is 327 g/mol. The van der Waals surface area contributed by atoms with Crippen molar-refractivity contribution in [3.05, 3.63) is 95.9 Å². The lowest BCUT2D eigenvalue weighted by atomic mass is 10.1. The second-order valence-corrected chi connectivity index (χ2v) is 5.98. The summed E-state index contributed by atoms with van der Waals surface area (Å²) in [6.45, 7) is 0.441. The van der Waals surface area contributed by atoms with Crippen LogP contribution in [0, 0.1) is 17.1 Å². The number of ether oxygens (including phenoxy) is 1. The third-order valence-corrected chi connectivity index (χ3v) is 4.26. The quantitative estimate of drug-likeness (QED) is 0.510. The predicted molar refractivity (Wildman–Crippen MR) is 98.7 cm³/mol. The van der Waals surface area contributed by atoms with Crippen molar-refractivity contribution in [2.24, 2.45) is 0 Å². The topological polar surface area (TPSA) is 37.9 Å². The Kier molecular flexibility index (Phi) is 4.12. The fourth-order valence-electron chi connectivity index (χ4n) is 2.88. The molecule has 126 valence electrons. The van der Waals surface area contributed by atoms with Gasteiger partial charge in [-0.25, -0.2) is 4.39 Å². The molecule has 3 nitrogen and oxygen atoms in total. The third-order valence-electron chi connectivity index (χ3n) is 4.26. The minimum atomic E-state index is -0.234. The molecule has 0 amide bonds. The van der Waals surface area contributed by atoms with Crippen LogP contribution in [0.5, 0.6) is 5.75 Å². The van der Waals surface area contributed by atoms with Crippen molar-refractivity contribution in [2.75, 3.05) is 0 Å². The average molecular weight is 342 g/mol. The van der Waals surface area contributed by atoms with Gasteiger partial charge in [0.05, 0.1) is 17.1 Å². The van der Waals surface area contributed by atoms with Crippen LogP contribution in [-0.4, -0.2) is 4.57 Å². The highest BCUT2D eigenvalue weighted by Gasteiger charge is 2.05. The molecule has 0 atom stereocenters. The van der Waals surface area contributed by atoms with Gasteiger partial charge in [0.2, 0.25) is 0 Å². The number of benzene rings is 3. The number of nitrogens with zero attached hydrogens (tertiary/aromatic N) is 2. The molecule has 0 N–H and O–H groups in total. The van der Waals surface area contributed by atoms with Crippen LogP contribution in [0.2, 0.25) is 0 Å². The molecule has 0 bridgehead atoms. The Hall–Kier alpha value is -3.58. The minimum Gasteiger partial charge on any atom is -0.489 e. The molecule has 0 aliphatic carbocycles. The Morgan fingerprint density at radius 3 is 2.42 bits per heavy atom. The van der Waals surface area contributed by atoms with E-state index in [9.17, 15) is 4.39 Å². The van der Waals surface area contributed by atoms with E-state index < -0.39 is 0 Å². The van der Waals surface area contributed by atoms with E-state index in [0.29, 0.717) is 12.2 Å². The van der Waals surface area contributed by atoms with Gasteiger partial charge in [0, 0.05) is 17.3 Å².